The summed E-state index contributed by atoms with van der Waals surface area (Å²) in [4.78, 5) is 13.7. The minimum atomic E-state index is -0.0703. The molecule has 0 atom stereocenters. The summed E-state index contributed by atoms with van der Waals surface area (Å²) in [5, 5.41) is 3.00. The van der Waals surface area contributed by atoms with Crippen molar-refractivity contribution in [1.82, 2.24) is 5.32 Å². The summed E-state index contributed by atoms with van der Waals surface area (Å²) in [6.07, 6.45) is 3.44. The molecule has 0 aromatic heterocycles. The van der Waals surface area contributed by atoms with Gasteiger partial charge in [-0.2, -0.15) is 0 Å². The number of carbonyl (C=O) groups is 1. The molecule has 2 aromatic rings. The van der Waals surface area contributed by atoms with E-state index in [-0.39, 0.29) is 5.91 Å². The third-order valence-corrected chi connectivity index (χ3v) is 4.72. The maximum absolute atomic E-state index is 12.1. The van der Waals surface area contributed by atoms with Gasteiger partial charge in [-0.1, -0.05) is 54.1 Å². The molecule has 0 aliphatic carbocycles. The van der Waals surface area contributed by atoms with Crippen molar-refractivity contribution in [3.05, 3.63) is 76.9 Å². The molecule has 3 rings (SSSR count). The Morgan fingerprint density at radius 1 is 1.08 bits per heavy atom. The first-order valence-corrected chi connectivity index (χ1v) is 9.21. The summed E-state index contributed by atoms with van der Waals surface area (Å²) in [5.41, 5.74) is 4.73. The molecule has 0 saturated carbocycles. The monoisotopic (exact) mass is 351 g/mol. The molecule has 0 bridgehead atoms. The van der Waals surface area contributed by atoms with Gasteiger partial charge in [-0.05, 0) is 24.1 Å². The van der Waals surface area contributed by atoms with E-state index in [2.05, 4.69) is 30.4 Å². The molecule has 0 spiro atoms. The minimum absolute atomic E-state index is 0.0703. The number of nitrogens with one attached hydrogen (secondary N) is 2. The van der Waals surface area contributed by atoms with E-state index in [0.29, 0.717) is 6.54 Å². The molecule has 0 unspecified atom stereocenters. The number of benzene rings is 2. The van der Waals surface area contributed by atoms with E-state index in [1.165, 1.54) is 21.6 Å². The standard InChI is InChI=1S/C22H26N2O2/c1-18-6-8-19(9-7-18)10-11-22(25)23-16-20-4-2-3-5-21(20)17-24-12-14-26-15-13-24/h2-11H,12-17H2,1H3,(H,23,25)/p+1/b11-10+. The Balaban J connectivity index is 1.55. The predicted molar refractivity (Wildman–Crippen MR) is 104 cm³/mol. The van der Waals surface area contributed by atoms with Crippen LogP contribution < -0.4 is 10.2 Å². The van der Waals surface area contributed by atoms with Crippen LogP contribution in [0.4, 0.5) is 0 Å². The molecule has 4 nitrogen and oxygen atoms in total. The average Bonchev–Trinajstić information content (AvgIpc) is 2.68. The highest BCUT2D eigenvalue weighted by atomic mass is 16.5. The fourth-order valence-corrected chi connectivity index (χ4v) is 3.10. The molecule has 1 fully saturated rings. The van der Waals surface area contributed by atoms with E-state index >= 15 is 0 Å². The topological polar surface area (TPSA) is 42.8 Å². The maximum Gasteiger partial charge on any atom is 0.244 e. The first-order valence-electron chi connectivity index (χ1n) is 9.21. The molecule has 1 saturated heterocycles. The molecule has 1 heterocycles. The number of quaternary nitrogens is 1. The van der Waals surface area contributed by atoms with Crippen LogP contribution in [0.3, 0.4) is 0 Å². The largest absolute Gasteiger partial charge is 0.370 e. The maximum atomic E-state index is 12.1. The van der Waals surface area contributed by atoms with Crippen molar-refractivity contribution in [2.45, 2.75) is 20.0 Å². The Hall–Kier alpha value is -2.43. The summed E-state index contributed by atoms with van der Waals surface area (Å²) >= 11 is 0. The van der Waals surface area contributed by atoms with Gasteiger partial charge in [-0.3, -0.25) is 4.79 Å². The van der Waals surface area contributed by atoms with E-state index in [0.717, 1.165) is 38.4 Å². The van der Waals surface area contributed by atoms with Crippen LogP contribution in [0.15, 0.2) is 54.6 Å². The smallest absolute Gasteiger partial charge is 0.244 e. The van der Waals surface area contributed by atoms with Gasteiger partial charge in [0.15, 0.2) is 0 Å². The average molecular weight is 351 g/mol. The number of amides is 1. The van der Waals surface area contributed by atoms with E-state index in [9.17, 15) is 4.79 Å². The molecule has 136 valence electrons. The van der Waals surface area contributed by atoms with Gasteiger partial charge in [0.1, 0.15) is 19.6 Å². The zero-order chi connectivity index (χ0) is 18.2. The molecule has 1 aliphatic rings. The summed E-state index contributed by atoms with van der Waals surface area (Å²) in [6.45, 7) is 7.33. The Bertz CT molecular complexity index is 747. The van der Waals surface area contributed by atoms with Crippen molar-refractivity contribution >= 4 is 12.0 Å². The van der Waals surface area contributed by atoms with Crippen molar-refractivity contribution in [3.8, 4) is 0 Å². The zero-order valence-corrected chi connectivity index (χ0v) is 15.3. The lowest BCUT2D eigenvalue weighted by Crippen LogP contribution is -3.12. The van der Waals surface area contributed by atoms with Gasteiger partial charge >= 0.3 is 0 Å². The van der Waals surface area contributed by atoms with Crippen molar-refractivity contribution < 1.29 is 14.4 Å². The van der Waals surface area contributed by atoms with Gasteiger partial charge in [0.05, 0.1) is 13.2 Å². The van der Waals surface area contributed by atoms with Crippen LogP contribution in [0.2, 0.25) is 0 Å². The lowest BCUT2D eigenvalue weighted by atomic mass is 10.1. The fraction of sp³-hybridized carbons (Fsp3) is 0.318. The summed E-state index contributed by atoms with van der Waals surface area (Å²) in [5.74, 6) is -0.0703. The van der Waals surface area contributed by atoms with Gasteiger partial charge in [0.2, 0.25) is 5.91 Å². The van der Waals surface area contributed by atoms with Crippen LogP contribution in [0.5, 0.6) is 0 Å². The summed E-state index contributed by atoms with van der Waals surface area (Å²) in [6, 6.07) is 16.5. The van der Waals surface area contributed by atoms with E-state index in [1.807, 2.05) is 36.4 Å². The van der Waals surface area contributed by atoms with Crippen LogP contribution >= 0.6 is 0 Å². The molecular formula is C22H27N2O2+. The van der Waals surface area contributed by atoms with Crippen molar-refractivity contribution in [1.29, 1.82) is 0 Å². The molecular weight excluding hydrogens is 324 g/mol. The van der Waals surface area contributed by atoms with E-state index in [1.54, 1.807) is 6.08 Å². The fourth-order valence-electron chi connectivity index (χ4n) is 3.10. The van der Waals surface area contributed by atoms with Crippen molar-refractivity contribution in [2.75, 3.05) is 26.3 Å². The van der Waals surface area contributed by atoms with Gasteiger partial charge in [-0.15, -0.1) is 0 Å². The third kappa shape index (κ3) is 5.55. The van der Waals surface area contributed by atoms with Crippen molar-refractivity contribution in [2.24, 2.45) is 0 Å². The highest BCUT2D eigenvalue weighted by Crippen LogP contribution is 2.08. The number of hydrogen-bond donors (Lipinski definition) is 2. The molecule has 1 amide bonds. The highest BCUT2D eigenvalue weighted by molar-refractivity contribution is 5.91. The van der Waals surface area contributed by atoms with Crippen LogP contribution in [0, 0.1) is 6.92 Å². The predicted octanol–water partition coefficient (Wildman–Crippen LogP) is 1.74. The second-order valence-corrected chi connectivity index (χ2v) is 6.77. The first kappa shape index (κ1) is 18.4. The molecule has 0 radical (unpaired) electrons. The van der Waals surface area contributed by atoms with E-state index in [4.69, 9.17) is 4.74 Å². The van der Waals surface area contributed by atoms with Gasteiger partial charge < -0.3 is 15.0 Å². The van der Waals surface area contributed by atoms with Crippen LogP contribution in [0.1, 0.15) is 22.3 Å². The molecule has 4 heteroatoms. The second kappa shape index (κ2) is 9.32. The van der Waals surface area contributed by atoms with Gasteiger partial charge in [0.25, 0.3) is 0 Å². The number of hydrogen-bond acceptors (Lipinski definition) is 2. The number of aryl methyl sites for hydroxylation is 1. The SMILES string of the molecule is Cc1ccc(/C=C/C(=O)NCc2ccccc2C[NH+]2CCOCC2)cc1. The number of ether oxygens (including phenoxy) is 1. The minimum Gasteiger partial charge on any atom is -0.370 e. The van der Waals surface area contributed by atoms with Gasteiger partial charge in [0, 0.05) is 18.2 Å². The number of carbonyl (C=O) groups excluding carboxylic acids is 1. The first-order chi connectivity index (χ1) is 12.7. The van der Waals surface area contributed by atoms with Crippen molar-refractivity contribution in [3.63, 3.8) is 0 Å². The van der Waals surface area contributed by atoms with Crippen LogP contribution in [-0.2, 0) is 22.6 Å². The second-order valence-electron chi connectivity index (χ2n) is 6.77. The lowest BCUT2D eigenvalue weighted by molar-refractivity contribution is -0.921. The normalized spacial score (nSPS) is 15.3. The quantitative estimate of drug-likeness (QED) is 0.779. The Morgan fingerprint density at radius 3 is 2.50 bits per heavy atom. The summed E-state index contributed by atoms with van der Waals surface area (Å²) in [7, 11) is 0. The zero-order valence-electron chi connectivity index (χ0n) is 15.3. The lowest BCUT2D eigenvalue weighted by Gasteiger charge is -2.24. The Kier molecular flexibility index (Phi) is 6.58. The van der Waals surface area contributed by atoms with Crippen LogP contribution in [-0.4, -0.2) is 32.2 Å². The third-order valence-electron chi connectivity index (χ3n) is 4.72. The van der Waals surface area contributed by atoms with Gasteiger partial charge in [-0.25, -0.2) is 0 Å². The number of rotatable bonds is 6. The highest BCUT2D eigenvalue weighted by Gasteiger charge is 2.15. The summed E-state index contributed by atoms with van der Waals surface area (Å²) < 4.78 is 5.43. The van der Waals surface area contributed by atoms with E-state index < -0.39 is 0 Å². The Labute approximate surface area is 155 Å². The number of morpholine rings is 1. The molecule has 1 aliphatic heterocycles. The molecule has 2 N–H and O–H groups in total. The molecule has 26 heavy (non-hydrogen) atoms. The van der Waals surface area contributed by atoms with Crippen LogP contribution in [0.25, 0.3) is 6.08 Å². The Morgan fingerprint density at radius 2 is 1.77 bits per heavy atom. The molecule has 2 aromatic carbocycles.